The zero-order valence-corrected chi connectivity index (χ0v) is 35.3. The molecule has 1 aliphatic heterocycles. The van der Waals surface area contributed by atoms with Gasteiger partial charge in [0, 0.05) is 70.0 Å². The molecule has 0 atom stereocenters. The summed E-state index contributed by atoms with van der Waals surface area (Å²) in [5.41, 5.74) is 17.2. The maximum absolute atomic E-state index is 13.7. The maximum atomic E-state index is 13.7. The van der Waals surface area contributed by atoms with Gasteiger partial charge in [-0.3, -0.25) is 29.1 Å². The third-order valence-electron chi connectivity index (χ3n) is 10.6. The second kappa shape index (κ2) is 18.7. The Hall–Kier alpha value is -6.73. The van der Waals surface area contributed by atoms with E-state index in [0.29, 0.717) is 89.3 Å². The topological polar surface area (TPSA) is 232 Å². The van der Waals surface area contributed by atoms with Crippen LogP contribution in [0, 0.1) is 13.8 Å². The number of rotatable bonds is 19. The molecule has 322 valence electrons. The molecule has 6 aromatic rings. The van der Waals surface area contributed by atoms with Crippen LogP contribution in [0.25, 0.3) is 22.1 Å². The summed E-state index contributed by atoms with van der Waals surface area (Å²) in [6.07, 6.45) is 4.71. The first kappa shape index (κ1) is 42.4. The Labute approximate surface area is 353 Å². The first-order valence-corrected chi connectivity index (χ1v) is 20.5. The predicted octanol–water partition coefficient (Wildman–Crippen LogP) is 3.44. The number of piperazine rings is 1. The van der Waals surface area contributed by atoms with Crippen LogP contribution in [0.3, 0.4) is 0 Å². The van der Waals surface area contributed by atoms with Gasteiger partial charge in [0.25, 0.3) is 5.91 Å². The normalized spacial score (nSPS) is 13.4. The Morgan fingerprint density at radius 1 is 0.803 bits per heavy atom. The number of nitrogens with zero attached hydrogens (tertiary/aromatic N) is 9. The SMILES string of the molecule is CCn1nc(C)cc1CNc1nc2cc(C(N)=O)cc(OCCCN3CCNCC3)c2n1C/C=C/Cn1c(NC(=O)c2cc(C)nn2CC)nc2cc(C(N)=O)cc(OC)c21. The number of hydrogen-bond donors (Lipinski definition) is 5. The summed E-state index contributed by atoms with van der Waals surface area (Å²) < 4.78 is 19.5. The largest absolute Gasteiger partial charge is 0.494 e. The zero-order valence-electron chi connectivity index (χ0n) is 35.3. The maximum Gasteiger partial charge on any atom is 0.276 e. The molecule has 0 aliphatic carbocycles. The second-order valence-electron chi connectivity index (χ2n) is 14.9. The van der Waals surface area contributed by atoms with Crippen LogP contribution >= 0.6 is 0 Å². The standard InChI is InChI=1S/C42H54N14O5/c1-6-55-30(19-26(3)50-55)25-46-41-47-32-22-29(39(44)58)24-35(61-18-10-13-52-16-11-45-12-17-52)37(32)53(41)14-8-9-15-54-36-31(21-28(38(43)57)23-34(36)60-5)48-42(54)49-40(59)33-20-27(4)51-56(33)7-2/h8-9,19-24,45H,6-7,10-18,25H2,1-5H3,(H2,43,57)(H2,44,58)(H,46,47)(H,48,49,59)/b9-8+. The number of primary amides is 2. The summed E-state index contributed by atoms with van der Waals surface area (Å²) in [7, 11) is 1.50. The van der Waals surface area contributed by atoms with Crippen LogP contribution in [0.15, 0.2) is 48.6 Å². The number of fused-ring (bicyclic) bond motifs is 2. The number of imidazole rings is 2. The number of allylic oxidation sites excluding steroid dienone is 2. The monoisotopic (exact) mass is 834 g/mol. The van der Waals surface area contributed by atoms with E-state index in [2.05, 4.69) is 31.0 Å². The van der Waals surface area contributed by atoms with Crippen molar-refractivity contribution in [3.05, 3.63) is 82.5 Å². The fourth-order valence-corrected chi connectivity index (χ4v) is 7.68. The van der Waals surface area contributed by atoms with Gasteiger partial charge in [-0.15, -0.1) is 0 Å². The van der Waals surface area contributed by atoms with Crippen LogP contribution in [-0.4, -0.2) is 108 Å². The molecule has 1 aliphatic rings. The van der Waals surface area contributed by atoms with E-state index in [1.54, 1.807) is 39.6 Å². The van der Waals surface area contributed by atoms with Crippen molar-refractivity contribution >= 4 is 51.7 Å². The van der Waals surface area contributed by atoms with E-state index in [0.717, 1.165) is 50.5 Å². The number of benzene rings is 2. The molecular weight excluding hydrogens is 781 g/mol. The summed E-state index contributed by atoms with van der Waals surface area (Å²) in [4.78, 5) is 50.6. The molecule has 1 saturated heterocycles. The zero-order chi connectivity index (χ0) is 43.2. The van der Waals surface area contributed by atoms with Crippen molar-refractivity contribution in [3.63, 3.8) is 0 Å². The van der Waals surface area contributed by atoms with Crippen molar-refractivity contribution in [2.75, 3.05) is 57.1 Å². The molecule has 19 nitrogen and oxygen atoms in total. The number of ether oxygens (including phenoxy) is 2. The molecule has 0 radical (unpaired) electrons. The second-order valence-corrected chi connectivity index (χ2v) is 14.9. The lowest BCUT2D eigenvalue weighted by molar-refractivity contribution is 0.0991. The van der Waals surface area contributed by atoms with Gasteiger partial charge in [-0.1, -0.05) is 12.2 Å². The van der Waals surface area contributed by atoms with E-state index in [1.165, 1.54) is 7.11 Å². The highest BCUT2D eigenvalue weighted by molar-refractivity contribution is 6.04. The smallest absolute Gasteiger partial charge is 0.276 e. The Kier molecular flexibility index (Phi) is 13.0. The van der Waals surface area contributed by atoms with Gasteiger partial charge in [0.2, 0.25) is 23.7 Å². The van der Waals surface area contributed by atoms with Gasteiger partial charge in [0.05, 0.1) is 48.4 Å². The lowest BCUT2D eigenvalue weighted by atomic mass is 10.1. The lowest BCUT2D eigenvalue weighted by Gasteiger charge is -2.27. The quantitative estimate of drug-likeness (QED) is 0.0584. The highest BCUT2D eigenvalue weighted by Gasteiger charge is 2.23. The van der Waals surface area contributed by atoms with E-state index in [-0.39, 0.29) is 18.1 Å². The van der Waals surface area contributed by atoms with Gasteiger partial charge in [-0.05, 0) is 70.5 Å². The number of nitrogens with two attached hydrogens (primary N) is 2. The van der Waals surface area contributed by atoms with Crippen LogP contribution in [0.2, 0.25) is 0 Å². The number of carbonyl (C=O) groups is 3. The van der Waals surface area contributed by atoms with Crippen LogP contribution in [0.5, 0.6) is 11.5 Å². The minimum absolute atomic E-state index is 0.215. The van der Waals surface area contributed by atoms with Gasteiger partial charge in [-0.25, -0.2) is 9.97 Å². The molecule has 0 spiro atoms. The average Bonchev–Trinajstić information content (AvgIpc) is 4.01. The van der Waals surface area contributed by atoms with Crippen molar-refractivity contribution in [3.8, 4) is 11.5 Å². The van der Waals surface area contributed by atoms with Crippen molar-refractivity contribution in [1.29, 1.82) is 0 Å². The van der Waals surface area contributed by atoms with Gasteiger partial charge >= 0.3 is 0 Å². The number of nitrogens with one attached hydrogen (secondary N) is 3. The molecule has 19 heteroatoms. The number of methoxy groups -OCH3 is 1. The first-order valence-electron chi connectivity index (χ1n) is 20.5. The Morgan fingerprint density at radius 2 is 1.39 bits per heavy atom. The Bertz CT molecular complexity index is 2590. The van der Waals surface area contributed by atoms with E-state index < -0.39 is 17.7 Å². The molecule has 0 saturated carbocycles. The number of amides is 3. The van der Waals surface area contributed by atoms with Gasteiger partial charge < -0.3 is 45.6 Å². The third kappa shape index (κ3) is 9.37. The molecule has 0 bridgehead atoms. The van der Waals surface area contributed by atoms with Crippen LogP contribution in [-0.2, 0) is 32.7 Å². The van der Waals surface area contributed by atoms with Crippen LogP contribution in [0.1, 0.15) is 68.6 Å². The van der Waals surface area contributed by atoms with Gasteiger partial charge in [-0.2, -0.15) is 10.2 Å². The van der Waals surface area contributed by atoms with Crippen molar-refractivity contribution in [2.45, 2.75) is 66.8 Å². The fourth-order valence-electron chi connectivity index (χ4n) is 7.68. The number of hydrogen-bond acceptors (Lipinski definition) is 12. The van der Waals surface area contributed by atoms with Crippen molar-refractivity contribution in [2.24, 2.45) is 11.5 Å². The average molecular weight is 835 g/mol. The number of aryl methyl sites for hydroxylation is 4. The molecule has 0 unspecified atom stereocenters. The number of carbonyl (C=O) groups excluding carboxylic acids is 3. The summed E-state index contributed by atoms with van der Waals surface area (Å²) in [6, 6.07) is 10.2. The van der Waals surface area contributed by atoms with Crippen molar-refractivity contribution < 1.29 is 23.9 Å². The summed E-state index contributed by atoms with van der Waals surface area (Å²) in [5, 5.41) is 18.9. The van der Waals surface area contributed by atoms with Gasteiger partial charge in [0.15, 0.2) is 0 Å². The molecule has 3 amide bonds. The van der Waals surface area contributed by atoms with Crippen LogP contribution < -0.4 is 36.9 Å². The summed E-state index contributed by atoms with van der Waals surface area (Å²) in [5.74, 6) is 0.0319. The van der Waals surface area contributed by atoms with Crippen molar-refractivity contribution in [1.82, 2.24) is 48.9 Å². The highest BCUT2D eigenvalue weighted by Crippen LogP contribution is 2.33. The van der Waals surface area contributed by atoms with E-state index in [4.69, 9.17) is 30.9 Å². The number of anilines is 2. The summed E-state index contributed by atoms with van der Waals surface area (Å²) in [6.45, 7) is 15.2. The predicted molar refractivity (Wildman–Crippen MR) is 232 cm³/mol. The molecule has 7 rings (SSSR count). The lowest BCUT2D eigenvalue weighted by Crippen LogP contribution is -2.43. The first-order chi connectivity index (χ1) is 29.5. The van der Waals surface area contributed by atoms with E-state index in [9.17, 15) is 14.4 Å². The summed E-state index contributed by atoms with van der Waals surface area (Å²) >= 11 is 0. The fraction of sp³-hybridized carbons (Fsp3) is 0.405. The highest BCUT2D eigenvalue weighted by atomic mass is 16.5. The Balaban J connectivity index is 1.23. The van der Waals surface area contributed by atoms with Gasteiger partial charge in [0.1, 0.15) is 28.2 Å². The third-order valence-corrected chi connectivity index (χ3v) is 10.6. The molecular formula is C42H54N14O5. The Morgan fingerprint density at radius 3 is 2.03 bits per heavy atom. The van der Waals surface area contributed by atoms with E-state index >= 15 is 0 Å². The molecule has 2 aromatic carbocycles. The van der Waals surface area contributed by atoms with E-state index in [1.807, 2.05) is 55.2 Å². The minimum Gasteiger partial charge on any atom is -0.494 e. The molecule has 1 fully saturated rings. The molecule has 5 heterocycles. The molecule has 7 N–H and O–H groups in total. The minimum atomic E-state index is -0.639. The van der Waals surface area contributed by atoms with Crippen LogP contribution in [0.4, 0.5) is 11.9 Å². The molecule has 61 heavy (non-hydrogen) atoms. The molecule has 4 aromatic heterocycles. The number of aromatic nitrogens is 8.